The molecule has 0 fully saturated rings. The van der Waals surface area contributed by atoms with E-state index in [2.05, 4.69) is 6.58 Å². The molecule has 0 N–H and O–H groups in total. The quantitative estimate of drug-likeness (QED) is 0.261. The molecule has 2 rings (SSSR count). The van der Waals surface area contributed by atoms with E-state index in [4.69, 9.17) is 18.9 Å². The summed E-state index contributed by atoms with van der Waals surface area (Å²) in [7, 11) is 0. The van der Waals surface area contributed by atoms with Gasteiger partial charge < -0.3 is 18.9 Å². The minimum absolute atomic E-state index is 0.320. The summed E-state index contributed by atoms with van der Waals surface area (Å²) >= 11 is 0. The van der Waals surface area contributed by atoms with E-state index in [1.807, 2.05) is 0 Å². The predicted octanol–water partition coefficient (Wildman–Crippen LogP) is 3.72. The molecule has 0 amide bonds. The van der Waals surface area contributed by atoms with Crippen molar-refractivity contribution in [2.45, 2.75) is 19.8 Å². The molecule has 0 radical (unpaired) electrons. The zero-order valence-corrected chi connectivity index (χ0v) is 16.1. The van der Waals surface area contributed by atoms with E-state index in [0.717, 1.165) is 12.5 Å². The minimum atomic E-state index is -0.513. The van der Waals surface area contributed by atoms with Crippen molar-refractivity contribution in [3.63, 3.8) is 0 Å². The van der Waals surface area contributed by atoms with Crippen molar-refractivity contribution in [3.05, 3.63) is 66.7 Å². The number of hydrogen-bond donors (Lipinski definition) is 0. The molecule has 0 atom stereocenters. The van der Waals surface area contributed by atoms with Crippen LogP contribution in [0.4, 0.5) is 0 Å². The number of benzene rings is 2. The Hall–Kier alpha value is -3.61. The van der Waals surface area contributed by atoms with Crippen LogP contribution in [0.15, 0.2) is 61.2 Å². The average Bonchev–Trinajstić information content (AvgIpc) is 2.71. The number of unbranched alkanes of at least 4 members (excludes halogenated alkanes) is 1. The molecule has 0 aliphatic heterocycles. The lowest BCUT2D eigenvalue weighted by molar-refractivity contribution is -0.138. The normalized spacial score (nSPS) is 9.97. The highest BCUT2D eigenvalue weighted by molar-refractivity contribution is 5.91. The third-order valence-corrected chi connectivity index (χ3v) is 3.60. The molecule has 152 valence electrons. The summed E-state index contributed by atoms with van der Waals surface area (Å²) in [5.41, 5.74) is 0.373. The second-order valence-electron chi connectivity index (χ2n) is 5.91. The molecule has 0 bridgehead atoms. The summed E-state index contributed by atoms with van der Waals surface area (Å²) < 4.78 is 20.7. The molecule has 0 aromatic heterocycles. The average molecular weight is 398 g/mol. The van der Waals surface area contributed by atoms with Crippen LogP contribution in [0, 0.1) is 0 Å². The third kappa shape index (κ3) is 7.88. The first-order chi connectivity index (χ1) is 14.0. The lowest BCUT2D eigenvalue weighted by Gasteiger charge is -2.08. The summed E-state index contributed by atoms with van der Waals surface area (Å²) in [5, 5.41) is 0. The van der Waals surface area contributed by atoms with Crippen molar-refractivity contribution in [1.82, 2.24) is 0 Å². The zero-order valence-electron chi connectivity index (χ0n) is 16.1. The molecule has 7 nitrogen and oxygen atoms in total. The molecule has 0 saturated heterocycles. The Morgan fingerprint density at radius 1 is 0.828 bits per heavy atom. The highest BCUT2D eigenvalue weighted by atomic mass is 16.5. The van der Waals surface area contributed by atoms with Crippen molar-refractivity contribution in [2.75, 3.05) is 13.2 Å². The number of rotatable bonds is 10. The first-order valence-electron chi connectivity index (χ1n) is 9.00. The van der Waals surface area contributed by atoms with Gasteiger partial charge in [0.05, 0.1) is 18.8 Å². The standard InChI is InChI=1S/C22H22O7/c1-3-21(24)27-15-5-4-14-26-18-8-6-17(7-9-18)22(25)29-20-12-10-19(11-13-20)28-16(2)23/h3,6-13H,1,4-5,14-15H2,2H3. The van der Waals surface area contributed by atoms with Crippen LogP contribution in [-0.4, -0.2) is 31.1 Å². The molecule has 0 aliphatic carbocycles. The van der Waals surface area contributed by atoms with Crippen molar-refractivity contribution in [3.8, 4) is 17.2 Å². The number of ether oxygens (including phenoxy) is 4. The molecule has 0 saturated carbocycles. The van der Waals surface area contributed by atoms with Gasteiger partial charge in [0, 0.05) is 13.0 Å². The zero-order chi connectivity index (χ0) is 21.1. The minimum Gasteiger partial charge on any atom is -0.494 e. The fraction of sp³-hybridized carbons (Fsp3) is 0.227. The highest BCUT2D eigenvalue weighted by Crippen LogP contribution is 2.20. The maximum atomic E-state index is 12.2. The fourth-order valence-corrected chi connectivity index (χ4v) is 2.22. The Labute approximate surface area is 168 Å². The van der Waals surface area contributed by atoms with Gasteiger partial charge in [-0.05, 0) is 61.4 Å². The van der Waals surface area contributed by atoms with Gasteiger partial charge in [0.25, 0.3) is 0 Å². The van der Waals surface area contributed by atoms with E-state index < -0.39 is 17.9 Å². The van der Waals surface area contributed by atoms with Crippen molar-refractivity contribution >= 4 is 17.9 Å². The molecular formula is C22H22O7. The lowest BCUT2D eigenvalue weighted by Crippen LogP contribution is -2.08. The van der Waals surface area contributed by atoms with Crippen molar-refractivity contribution < 1.29 is 33.3 Å². The second kappa shape index (κ2) is 11.3. The topological polar surface area (TPSA) is 88.1 Å². The van der Waals surface area contributed by atoms with Crippen LogP contribution in [0.3, 0.4) is 0 Å². The first kappa shape index (κ1) is 21.7. The molecule has 0 spiro atoms. The summed E-state index contributed by atoms with van der Waals surface area (Å²) in [4.78, 5) is 34.0. The smallest absolute Gasteiger partial charge is 0.343 e. The molecule has 2 aromatic carbocycles. The monoisotopic (exact) mass is 398 g/mol. The van der Waals surface area contributed by atoms with Crippen LogP contribution in [0.2, 0.25) is 0 Å². The fourth-order valence-electron chi connectivity index (χ4n) is 2.22. The van der Waals surface area contributed by atoms with Crippen molar-refractivity contribution in [2.24, 2.45) is 0 Å². The number of hydrogen-bond acceptors (Lipinski definition) is 7. The van der Waals surface area contributed by atoms with Gasteiger partial charge in [-0.1, -0.05) is 6.58 Å². The van der Waals surface area contributed by atoms with E-state index in [-0.39, 0.29) is 0 Å². The Morgan fingerprint density at radius 2 is 1.38 bits per heavy atom. The van der Waals surface area contributed by atoms with Gasteiger partial charge >= 0.3 is 17.9 Å². The molecule has 7 heteroatoms. The highest BCUT2D eigenvalue weighted by Gasteiger charge is 2.09. The van der Waals surface area contributed by atoms with E-state index in [0.29, 0.717) is 42.4 Å². The van der Waals surface area contributed by atoms with E-state index in [1.165, 1.54) is 6.92 Å². The van der Waals surface area contributed by atoms with E-state index >= 15 is 0 Å². The molecule has 2 aromatic rings. The van der Waals surface area contributed by atoms with Gasteiger partial charge in [0.1, 0.15) is 17.2 Å². The predicted molar refractivity (Wildman–Crippen MR) is 105 cm³/mol. The molecule has 0 aliphatic rings. The van der Waals surface area contributed by atoms with E-state index in [1.54, 1.807) is 48.5 Å². The van der Waals surface area contributed by atoms with Gasteiger partial charge in [-0.2, -0.15) is 0 Å². The Balaban J connectivity index is 1.75. The van der Waals surface area contributed by atoms with Gasteiger partial charge in [0.2, 0.25) is 0 Å². The number of esters is 3. The van der Waals surface area contributed by atoms with Crippen LogP contribution >= 0.6 is 0 Å². The van der Waals surface area contributed by atoms with Crippen LogP contribution in [0.1, 0.15) is 30.1 Å². The molecule has 0 unspecified atom stereocenters. The van der Waals surface area contributed by atoms with Crippen molar-refractivity contribution in [1.29, 1.82) is 0 Å². The van der Waals surface area contributed by atoms with Gasteiger partial charge in [-0.3, -0.25) is 4.79 Å². The van der Waals surface area contributed by atoms with Crippen LogP contribution in [-0.2, 0) is 14.3 Å². The number of carbonyl (C=O) groups is 3. The Morgan fingerprint density at radius 3 is 1.97 bits per heavy atom. The summed E-state index contributed by atoms with van der Waals surface area (Å²) in [6.07, 6.45) is 2.53. The maximum absolute atomic E-state index is 12.2. The van der Waals surface area contributed by atoms with Gasteiger partial charge in [0.15, 0.2) is 0 Å². The van der Waals surface area contributed by atoms with Crippen LogP contribution < -0.4 is 14.2 Å². The summed E-state index contributed by atoms with van der Waals surface area (Å²) in [5.74, 6) is -0.0424. The Kier molecular flexibility index (Phi) is 8.44. The maximum Gasteiger partial charge on any atom is 0.343 e. The Bertz CT molecular complexity index is 838. The first-order valence-corrected chi connectivity index (χ1v) is 9.00. The SMILES string of the molecule is C=CC(=O)OCCCCOc1ccc(C(=O)Oc2ccc(OC(C)=O)cc2)cc1. The van der Waals surface area contributed by atoms with Gasteiger partial charge in [-0.15, -0.1) is 0 Å². The largest absolute Gasteiger partial charge is 0.494 e. The number of carbonyl (C=O) groups excluding carboxylic acids is 3. The molecular weight excluding hydrogens is 376 g/mol. The second-order valence-corrected chi connectivity index (χ2v) is 5.91. The van der Waals surface area contributed by atoms with Crippen LogP contribution in [0.5, 0.6) is 17.2 Å². The van der Waals surface area contributed by atoms with Crippen LogP contribution in [0.25, 0.3) is 0 Å². The third-order valence-electron chi connectivity index (χ3n) is 3.60. The molecule has 0 heterocycles. The lowest BCUT2D eigenvalue weighted by atomic mass is 10.2. The van der Waals surface area contributed by atoms with Gasteiger partial charge in [-0.25, -0.2) is 9.59 Å². The summed E-state index contributed by atoms with van der Waals surface area (Å²) in [6, 6.07) is 12.7. The summed E-state index contributed by atoms with van der Waals surface area (Å²) in [6.45, 7) is 5.41. The molecule has 29 heavy (non-hydrogen) atoms. The van der Waals surface area contributed by atoms with E-state index in [9.17, 15) is 14.4 Å².